The summed E-state index contributed by atoms with van der Waals surface area (Å²) in [4.78, 5) is 23.4. The molecule has 1 saturated carbocycles. The van der Waals surface area contributed by atoms with Crippen LogP contribution in [0.4, 0.5) is 0 Å². The molecule has 18 heavy (non-hydrogen) atoms. The number of allylic oxidation sites excluding steroid dienone is 1. The lowest BCUT2D eigenvalue weighted by Gasteiger charge is -2.29. The van der Waals surface area contributed by atoms with Crippen LogP contribution in [0.15, 0.2) is 42.5 Å². The fourth-order valence-electron chi connectivity index (χ4n) is 2.93. The van der Waals surface area contributed by atoms with Crippen LogP contribution in [0.3, 0.4) is 0 Å². The highest BCUT2D eigenvalue weighted by atomic mass is 16.6. The molecule has 0 heterocycles. The maximum Gasteiger partial charge on any atom is 0.339 e. The van der Waals surface area contributed by atoms with Gasteiger partial charge in [-0.1, -0.05) is 30.4 Å². The standard InChI is InChI=1S/C15H14O3/c16-10-15(9-11-6-7-13(15)8-11)18-14(17)12-4-2-1-3-5-12/h1-7,10-11,13H,8-9H2/t11-,13+,15+/m0/s1. The highest BCUT2D eigenvalue weighted by Gasteiger charge is 2.51. The molecule has 0 amide bonds. The van der Waals surface area contributed by atoms with Crippen LogP contribution in [0.2, 0.25) is 0 Å². The van der Waals surface area contributed by atoms with Crippen LogP contribution in [0.5, 0.6) is 0 Å². The van der Waals surface area contributed by atoms with Gasteiger partial charge in [0.05, 0.1) is 5.56 Å². The zero-order chi connectivity index (χ0) is 12.6. The molecular weight excluding hydrogens is 228 g/mol. The number of carbonyl (C=O) groups is 2. The summed E-state index contributed by atoms with van der Waals surface area (Å²) in [6, 6.07) is 8.80. The number of fused-ring (bicyclic) bond motifs is 2. The van der Waals surface area contributed by atoms with Crippen LogP contribution in [-0.2, 0) is 9.53 Å². The third kappa shape index (κ3) is 1.67. The van der Waals surface area contributed by atoms with E-state index in [9.17, 15) is 9.59 Å². The maximum absolute atomic E-state index is 12.0. The van der Waals surface area contributed by atoms with Crippen LogP contribution in [0, 0.1) is 11.8 Å². The quantitative estimate of drug-likeness (QED) is 0.464. The van der Waals surface area contributed by atoms with Crippen molar-refractivity contribution in [2.75, 3.05) is 0 Å². The Bertz CT molecular complexity index is 506. The first-order valence-electron chi connectivity index (χ1n) is 6.16. The molecule has 2 aliphatic rings. The van der Waals surface area contributed by atoms with E-state index in [0.29, 0.717) is 17.9 Å². The van der Waals surface area contributed by atoms with Crippen molar-refractivity contribution in [2.45, 2.75) is 18.4 Å². The number of aldehydes is 1. The topological polar surface area (TPSA) is 43.4 Å². The Morgan fingerprint density at radius 2 is 2.06 bits per heavy atom. The second-order valence-corrected chi connectivity index (χ2v) is 5.02. The molecule has 3 nitrogen and oxygen atoms in total. The lowest BCUT2D eigenvalue weighted by molar-refractivity contribution is -0.127. The highest BCUT2D eigenvalue weighted by Crippen LogP contribution is 2.47. The van der Waals surface area contributed by atoms with Crippen molar-refractivity contribution >= 4 is 12.3 Å². The van der Waals surface area contributed by atoms with Gasteiger partial charge < -0.3 is 4.74 Å². The fourth-order valence-corrected chi connectivity index (χ4v) is 2.93. The predicted molar refractivity (Wildman–Crippen MR) is 66.0 cm³/mol. The summed E-state index contributed by atoms with van der Waals surface area (Å²) in [7, 11) is 0. The minimum atomic E-state index is -0.938. The van der Waals surface area contributed by atoms with E-state index in [1.54, 1.807) is 24.3 Å². The molecule has 0 N–H and O–H groups in total. The third-order valence-electron chi connectivity index (χ3n) is 3.87. The molecule has 3 rings (SSSR count). The largest absolute Gasteiger partial charge is 0.447 e. The van der Waals surface area contributed by atoms with E-state index in [1.165, 1.54) is 0 Å². The van der Waals surface area contributed by atoms with Crippen LogP contribution in [0.25, 0.3) is 0 Å². The van der Waals surface area contributed by atoms with Gasteiger partial charge in [0.15, 0.2) is 11.9 Å². The zero-order valence-corrected chi connectivity index (χ0v) is 9.91. The number of ether oxygens (including phenoxy) is 1. The molecule has 2 bridgehead atoms. The van der Waals surface area contributed by atoms with Crippen LogP contribution in [-0.4, -0.2) is 17.9 Å². The number of hydrogen-bond acceptors (Lipinski definition) is 3. The Morgan fingerprint density at radius 3 is 2.61 bits per heavy atom. The average Bonchev–Trinajstić information content (AvgIpc) is 3.00. The molecule has 3 atom stereocenters. The van der Waals surface area contributed by atoms with Gasteiger partial charge in [0.25, 0.3) is 0 Å². The number of carbonyl (C=O) groups excluding carboxylic acids is 2. The molecule has 1 aromatic rings. The molecular formula is C15H14O3. The Morgan fingerprint density at radius 1 is 1.28 bits per heavy atom. The Kier molecular flexibility index (Phi) is 2.54. The summed E-state index contributed by atoms with van der Waals surface area (Å²) in [6.45, 7) is 0. The molecule has 1 fully saturated rings. The minimum Gasteiger partial charge on any atom is -0.447 e. The first-order valence-corrected chi connectivity index (χ1v) is 6.16. The molecule has 0 radical (unpaired) electrons. The van der Waals surface area contributed by atoms with Crippen LogP contribution < -0.4 is 0 Å². The first kappa shape index (κ1) is 11.2. The highest BCUT2D eigenvalue weighted by molar-refractivity contribution is 5.91. The summed E-state index contributed by atoms with van der Waals surface area (Å²) in [5.74, 6) is 0.0140. The predicted octanol–water partition coefficient (Wildman–Crippen LogP) is 2.38. The maximum atomic E-state index is 12.0. The SMILES string of the molecule is O=C[C@]1(OC(=O)c2ccccc2)C[C@H]2C=C[C@@H]1C2. The van der Waals surface area contributed by atoms with E-state index in [4.69, 9.17) is 4.74 Å². The van der Waals surface area contributed by atoms with Gasteiger partial charge in [0, 0.05) is 12.3 Å². The fraction of sp³-hybridized carbons (Fsp3) is 0.333. The van der Waals surface area contributed by atoms with E-state index in [-0.39, 0.29) is 5.92 Å². The van der Waals surface area contributed by atoms with E-state index in [0.717, 1.165) is 12.7 Å². The van der Waals surface area contributed by atoms with E-state index in [2.05, 4.69) is 6.08 Å². The first-order chi connectivity index (χ1) is 8.73. The molecule has 0 saturated heterocycles. The van der Waals surface area contributed by atoms with Crippen molar-refractivity contribution < 1.29 is 14.3 Å². The minimum absolute atomic E-state index is 0.0488. The van der Waals surface area contributed by atoms with Crippen molar-refractivity contribution in [3.05, 3.63) is 48.0 Å². The monoisotopic (exact) mass is 242 g/mol. The van der Waals surface area contributed by atoms with E-state index >= 15 is 0 Å². The number of rotatable bonds is 3. The van der Waals surface area contributed by atoms with Gasteiger partial charge in [-0.15, -0.1) is 0 Å². The van der Waals surface area contributed by atoms with Crippen molar-refractivity contribution in [1.29, 1.82) is 0 Å². The average molecular weight is 242 g/mol. The third-order valence-corrected chi connectivity index (χ3v) is 3.87. The summed E-state index contributed by atoms with van der Waals surface area (Å²) in [5, 5.41) is 0. The molecule has 1 aromatic carbocycles. The lowest BCUT2D eigenvalue weighted by atomic mass is 9.89. The number of benzene rings is 1. The molecule has 92 valence electrons. The molecule has 0 aliphatic heterocycles. The Labute approximate surface area is 105 Å². The second kappa shape index (κ2) is 4.09. The van der Waals surface area contributed by atoms with Gasteiger partial charge in [-0.25, -0.2) is 4.79 Å². The van der Waals surface area contributed by atoms with Gasteiger partial charge in [-0.3, -0.25) is 4.79 Å². The van der Waals surface area contributed by atoms with Crippen LogP contribution in [0.1, 0.15) is 23.2 Å². The summed E-state index contributed by atoms with van der Waals surface area (Å²) < 4.78 is 5.51. The van der Waals surface area contributed by atoms with Gasteiger partial charge in [0.1, 0.15) is 0 Å². The normalized spacial score (nSPS) is 32.4. The van der Waals surface area contributed by atoms with Gasteiger partial charge in [-0.05, 0) is 24.5 Å². The number of hydrogen-bond donors (Lipinski definition) is 0. The van der Waals surface area contributed by atoms with Crippen molar-refractivity contribution in [3.8, 4) is 0 Å². The van der Waals surface area contributed by atoms with Gasteiger partial charge in [0.2, 0.25) is 0 Å². The van der Waals surface area contributed by atoms with E-state index in [1.807, 2.05) is 12.1 Å². The van der Waals surface area contributed by atoms with Crippen molar-refractivity contribution in [2.24, 2.45) is 11.8 Å². The van der Waals surface area contributed by atoms with Crippen LogP contribution >= 0.6 is 0 Å². The number of esters is 1. The summed E-state index contributed by atoms with van der Waals surface area (Å²) >= 11 is 0. The Balaban J connectivity index is 1.82. The smallest absolute Gasteiger partial charge is 0.339 e. The summed E-state index contributed by atoms with van der Waals surface area (Å²) in [6.07, 6.45) is 6.46. The molecule has 0 spiro atoms. The molecule has 3 heteroatoms. The lowest BCUT2D eigenvalue weighted by Crippen LogP contribution is -2.40. The second-order valence-electron chi connectivity index (χ2n) is 5.02. The van der Waals surface area contributed by atoms with Crippen molar-refractivity contribution in [1.82, 2.24) is 0 Å². The summed E-state index contributed by atoms with van der Waals surface area (Å²) in [5.41, 5.74) is -0.447. The van der Waals surface area contributed by atoms with Crippen molar-refractivity contribution in [3.63, 3.8) is 0 Å². The Hall–Kier alpha value is -1.90. The zero-order valence-electron chi connectivity index (χ0n) is 9.91. The molecule has 0 unspecified atom stereocenters. The van der Waals surface area contributed by atoms with Gasteiger partial charge >= 0.3 is 5.97 Å². The molecule has 0 aromatic heterocycles. The van der Waals surface area contributed by atoms with Gasteiger partial charge in [-0.2, -0.15) is 0 Å². The molecule has 2 aliphatic carbocycles. The van der Waals surface area contributed by atoms with E-state index < -0.39 is 11.6 Å².